The Bertz CT molecular complexity index is 985. The van der Waals surface area contributed by atoms with Crippen molar-refractivity contribution >= 4 is 23.2 Å². The third kappa shape index (κ3) is 4.89. The first-order valence-electron chi connectivity index (χ1n) is 8.28. The van der Waals surface area contributed by atoms with Crippen LogP contribution in [0.4, 0.5) is 18.9 Å². The fraction of sp³-hybridized carbons (Fsp3) is 0.211. The Labute approximate surface area is 163 Å². The van der Waals surface area contributed by atoms with Crippen molar-refractivity contribution in [1.29, 1.82) is 0 Å². The van der Waals surface area contributed by atoms with Gasteiger partial charge in [-0.15, -0.1) is 0 Å². The van der Waals surface area contributed by atoms with Gasteiger partial charge in [0.2, 0.25) is 17.6 Å². The van der Waals surface area contributed by atoms with Crippen LogP contribution in [0.5, 0.6) is 0 Å². The predicted octanol–water partition coefficient (Wildman–Crippen LogP) is 5.29. The van der Waals surface area contributed by atoms with E-state index in [1.165, 1.54) is 0 Å². The number of nitrogens with one attached hydrogen (secondary N) is 1. The van der Waals surface area contributed by atoms with Gasteiger partial charge in [0.05, 0.1) is 16.3 Å². The van der Waals surface area contributed by atoms with Crippen molar-refractivity contribution in [3.05, 3.63) is 64.5 Å². The Hall–Kier alpha value is -2.87. The number of rotatable bonds is 5. The Balaban J connectivity index is 1.61. The van der Waals surface area contributed by atoms with Crippen LogP contribution in [0.2, 0.25) is 5.02 Å². The molecule has 28 heavy (non-hydrogen) atoms. The molecule has 0 radical (unpaired) electrons. The van der Waals surface area contributed by atoms with Crippen molar-refractivity contribution in [3.63, 3.8) is 0 Å². The van der Waals surface area contributed by atoms with E-state index in [4.69, 9.17) is 16.1 Å². The van der Waals surface area contributed by atoms with Crippen LogP contribution < -0.4 is 5.32 Å². The largest absolute Gasteiger partial charge is 0.416 e. The van der Waals surface area contributed by atoms with E-state index in [2.05, 4.69) is 15.5 Å². The second-order valence-corrected chi connectivity index (χ2v) is 6.53. The second kappa shape index (κ2) is 8.02. The summed E-state index contributed by atoms with van der Waals surface area (Å²) in [5.74, 6) is 0.133. The zero-order valence-corrected chi connectivity index (χ0v) is 15.4. The van der Waals surface area contributed by atoms with Crippen LogP contribution in [-0.2, 0) is 17.4 Å². The number of alkyl halides is 3. The lowest BCUT2D eigenvalue weighted by Gasteiger charge is -2.11. The average molecular weight is 410 g/mol. The summed E-state index contributed by atoms with van der Waals surface area (Å²) in [6.45, 7) is 1.96. The van der Waals surface area contributed by atoms with Gasteiger partial charge in [-0.25, -0.2) is 0 Å². The van der Waals surface area contributed by atoms with E-state index < -0.39 is 17.6 Å². The van der Waals surface area contributed by atoms with Gasteiger partial charge in [0.15, 0.2) is 0 Å². The van der Waals surface area contributed by atoms with E-state index in [0.717, 1.165) is 29.3 Å². The van der Waals surface area contributed by atoms with Crippen LogP contribution in [0.1, 0.15) is 23.4 Å². The highest BCUT2D eigenvalue weighted by atomic mass is 35.5. The minimum atomic E-state index is -4.53. The maximum Gasteiger partial charge on any atom is 0.416 e. The van der Waals surface area contributed by atoms with Crippen LogP contribution in [0, 0.1) is 6.92 Å². The average Bonchev–Trinajstić information content (AvgIpc) is 3.10. The number of carbonyl (C=O) groups is 1. The molecule has 3 rings (SSSR count). The van der Waals surface area contributed by atoms with Crippen molar-refractivity contribution in [1.82, 2.24) is 10.1 Å². The molecular formula is C19H15ClF3N3O2. The molecule has 0 fully saturated rings. The van der Waals surface area contributed by atoms with Gasteiger partial charge in [0.25, 0.3) is 0 Å². The van der Waals surface area contributed by atoms with E-state index in [9.17, 15) is 18.0 Å². The smallest absolute Gasteiger partial charge is 0.339 e. The lowest BCUT2D eigenvalue weighted by Crippen LogP contribution is -2.14. The second-order valence-electron chi connectivity index (χ2n) is 6.12. The number of hydrogen-bond donors (Lipinski definition) is 1. The summed E-state index contributed by atoms with van der Waals surface area (Å²) in [6.07, 6.45) is -4.44. The number of hydrogen-bond acceptors (Lipinski definition) is 4. The van der Waals surface area contributed by atoms with E-state index in [0.29, 0.717) is 5.82 Å². The zero-order chi connectivity index (χ0) is 20.3. The molecule has 146 valence electrons. The number of halogens is 4. The molecule has 0 bridgehead atoms. The molecular weight excluding hydrogens is 395 g/mol. The van der Waals surface area contributed by atoms with Crippen molar-refractivity contribution in [2.24, 2.45) is 0 Å². The molecule has 0 unspecified atom stereocenters. The first kappa shape index (κ1) is 19.9. The molecule has 1 N–H and O–H groups in total. The first-order chi connectivity index (χ1) is 13.2. The summed E-state index contributed by atoms with van der Waals surface area (Å²) >= 11 is 5.87. The predicted molar refractivity (Wildman–Crippen MR) is 97.9 cm³/mol. The van der Waals surface area contributed by atoms with Crippen molar-refractivity contribution in [3.8, 4) is 11.4 Å². The maximum atomic E-state index is 12.8. The van der Waals surface area contributed by atoms with Crippen molar-refractivity contribution < 1.29 is 22.5 Å². The summed E-state index contributed by atoms with van der Waals surface area (Å²) in [5.41, 5.74) is 0.873. The van der Waals surface area contributed by atoms with E-state index in [-0.39, 0.29) is 29.4 Å². The molecule has 3 aromatic rings. The quantitative estimate of drug-likeness (QED) is 0.621. The molecule has 1 aromatic heterocycles. The highest BCUT2D eigenvalue weighted by molar-refractivity contribution is 6.33. The molecule has 1 amide bonds. The number of aryl methyl sites for hydroxylation is 2. The molecule has 0 saturated carbocycles. The van der Waals surface area contributed by atoms with Crippen molar-refractivity contribution in [2.75, 3.05) is 5.32 Å². The number of anilines is 1. The van der Waals surface area contributed by atoms with Crippen LogP contribution in [-0.4, -0.2) is 16.0 Å². The molecule has 0 aliphatic heterocycles. The van der Waals surface area contributed by atoms with Gasteiger partial charge in [-0.1, -0.05) is 46.6 Å². The highest BCUT2D eigenvalue weighted by Crippen LogP contribution is 2.33. The maximum absolute atomic E-state index is 12.8. The minimum absolute atomic E-state index is 0.0146. The Morgan fingerprint density at radius 1 is 1.18 bits per heavy atom. The van der Waals surface area contributed by atoms with Crippen molar-refractivity contribution in [2.45, 2.75) is 25.9 Å². The lowest BCUT2D eigenvalue weighted by atomic mass is 10.1. The standard InChI is InChI=1S/C19H15ClF3N3O2/c1-11-2-4-12(5-3-11)18-25-17(28-26-18)9-8-16(27)24-15-10-13(19(21,22)23)6-7-14(15)20/h2-7,10H,8-9H2,1H3,(H,24,27). The van der Waals surface area contributed by atoms with Gasteiger partial charge in [-0.05, 0) is 25.1 Å². The molecule has 2 aromatic carbocycles. The molecule has 0 aliphatic rings. The minimum Gasteiger partial charge on any atom is -0.339 e. The van der Waals surface area contributed by atoms with E-state index >= 15 is 0 Å². The number of carbonyl (C=O) groups excluding carboxylic acids is 1. The number of aromatic nitrogens is 2. The zero-order valence-electron chi connectivity index (χ0n) is 14.7. The normalized spacial score (nSPS) is 11.5. The lowest BCUT2D eigenvalue weighted by molar-refractivity contribution is -0.137. The van der Waals surface area contributed by atoms with Crippen LogP contribution in [0.25, 0.3) is 11.4 Å². The Morgan fingerprint density at radius 2 is 1.89 bits per heavy atom. The third-order valence-electron chi connectivity index (χ3n) is 3.91. The molecule has 5 nitrogen and oxygen atoms in total. The summed E-state index contributed by atoms with van der Waals surface area (Å²) in [6, 6.07) is 10.3. The van der Waals surface area contributed by atoms with Gasteiger partial charge in [-0.2, -0.15) is 18.2 Å². The van der Waals surface area contributed by atoms with Crippen LogP contribution in [0.15, 0.2) is 47.0 Å². The first-order valence-corrected chi connectivity index (χ1v) is 8.66. The molecule has 9 heteroatoms. The molecule has 0 spiro atoms. The number of benzene rings is 2. The Morgan fingerprint density at radius 3 is 2.57 bits per heavy atom. The summed E-state index contributed by atoms with van der Waals surface area (Å²) in [4.78, 5) is 16.3. The summed E-state index contributed by atoms with van der Waals surface area (Å²) in [7, 11) is 0. The summed E-state index contributed by atoms with van der Waals surface area (Å²) < 4.78 is 43.5. The SMILES string of the molecule is Cc1ccc(-c2noc(CCC(=O)Nc3cc(C(F)(F)F)ccc3Cl)n2)cc1. The monoisotopic (exact) mass is 409 g/mol. The van der Waals surface area contributed by atoms with E-state index in [1.807, 2.05) is 31.2 Å². The highest BCUT2D eigenvalue weighted by Gasteiger charge is 2.31. The summed E-state index contributed by atoms with van der Waals surface area (Å²) in [5, 5.41) is 6.26. The van der Waals surface area contributed by atoms with Crippen LogP contribution in [0.3, 0.4) is 0 Å². The third-order valence-corrected chi connectivity index (χ3v) is 4.24. The number of amides is 1. The van der Waals surface area contributed by atoms with Gasteiger partial charge in [0.1, 0.15) is 0 Å². The molecule has 1 heterocycles. The number of nitrogens with zero attached hydrogens (tertiary/aromatic N) is 2. The van der Waals surface area contributed by atoms with E-state index in [1.54, 1.807) is 0 Å². The fourth-order valence-corrected chi connectivity index (χ4v) is 2.57. The molecule has 0 atom stereocenters. The topological polar surface area (TPSA) is 68.0 Å². The van der Waals surface area contributed by atoms with Crippen LogP contribution >= 0.6 is 11.6 Å². The van der Waals surface area contributed by atoms with Gasteiger partial charge in [-0.3, -0.25) is 4.79 Å². The van der Waals surface area contributed by atoms with Gasteiger partial charge < -0.3 is 9.84 Å². The fourth-order valence-electron chi connectivity index (χ4n) is 2.41. The molecule has 0 aliphatic carbocycles. The molecule has 0 saturated heterocycles. The Kier molecular flexibility index (Phi) is 5.69. The van der Waals surface area contributed by atoms with Gasteiger partial charge in [0, 0.05) is 18.4 Å². The van der Waals surface area contributed by atoms with Gasteiger partial charge >= 0.3 is 6.18 Å².